The van der Waals surface area contributed by atoms with Gasteiger partial charge in [-0.1, -0.05) is 6.07 Å². The maximum atomic E-state index is 10.8. The second-order valence-corrected chi connectivity index (χ2v) is 4.56. The molecule has 1 fully saturated rings. The highest BCUT2D eigenvalue weighted by molar-refractivity contribution is 5.87. The number of carboxylic acid groups (broad SMARTS) is 1. The zero-order chi connectivity index (χ0) is 12.3. The van der Waals surface area contributed by atoms with Gasteiger partial charge in [0.2, 0.25) is 0 Å². The van der Waals surface area contributed by atoms with Crippen molar-refractivity contribution in [2.24, 2.45) is 5.92 Å². The molecule has 92 valence electrons. The molecular formula is C13H17NO3. The van der Waals surface area contributed by atoms with Crippen molar-refractivity contribution in [3.8, 4) is 5.75 Å². The molecule has 2 rings (SSSR count). The Morgan fingerprint density at radius 2 is 2.29 bits per heavy atom. The highest BCUT2D eigenvalue weighted by Crippen LogP contribution is 2.18. The summed E-state index contributed by atoms with van der Waals surface area (Å²) in [5.74, 6) is 0.441. The van der Waals surface area contributed by atoms with E-state index in [9.17, 15) is 4.79 Å². The summed E-state index contributed by atoms with van der Waals surface area (Å²) in [6, 6.07) is 6.63. The third-order valence-electron chi connectivity index (χ3n) is 3.02. The number of hydrogen-bond donors (Lipinski definition) is 1. The minimum atomic E-state index is -0.920. The molecule has 0 bridgehead atoms. The molecule has 0 saturated carbocycles. The molecule has 17 heavy (non-hydrogen) atoms. The van der Waals surface area contributed by atoms with Crippen molar-refractivity contribution >= 4 is 5.97 Å². The van der Waals surface area contributed by atoms with Gasteiger partial charge < -0.3 is 14.7 Å². The Morgan fingerprint density at radius 3 is 2.94 bits per heavy atom. The molecule has 1 aromatic carbocycles. The summed E-state index contributed by atoms with van der Waals surface area (Å²) in [5, 5.41) is 8.84. The lowest BCUT2D eigenvalue weighted by Gasteiger charge is -2.36. The topological polar surface area (TPSA) is 49.8 Å². The van der Waals surface area contributed by atoms with E-state index in [1.165, 1.54) is 0 Å². The van der Waals surface area contributed by atoms with Crippen LogP contribution in [0.15, 0.2) is 24.3 Å². The van der Waals surface area contributed by atoms with Gasteiger partial charge in [-0.05, 0) is 37.6 Å². The van der Waals surface area contributed by atoms with E-state index < -0.39 is 5.97 Å². The molecule has 1 aromatic rings. The summed E-state index contributed by atoms with van der Waals surface area (Å²) in [7, 11) is 2.10. The van der Waals surface area contributed by atoms with E-state index in [0.717, 1.165) is 25.4 Å². The Hall–Kier alpha value is -1.55. The number of carboxylic acids is 1. The van der Waals surface area contributed by atoms with E-state index in [0.29, 0.717) is 12.4 Å². The average molecular weight is 235 g/mol. The summed E-state index contributed by atoms with van der Waals surface area (Å²) in [5.41, 5.74) is 0.269. The van der Waals surface area contributed by atoms with Crippen LogP contribution in [0.1, 0.15) is 16.8 Å². The van der Waals surface area contributed by atoms with Crippen LogP contribution in [-0.2, 0) is 0 Å². The van der Waals surface area contributed by atoms with E-state index in [1.54, 1.807) is 24.3 Å². The first kappa shape index (κ1) is 11.9. The largest absolute Gasteiger partial charge is 0.494 e. The summed E-state index contributed by atoms with van der Waals surface area (Å²) < 4.78 is 5.56. The molecule has 1 aliphatic heterocycles. The molecule has 0 unspecified atom stereocenters. The summed E-state index contributed by atoms with van der Waals surface area (Å²) in [6.45, 7) is 2.93. The number of benzene rings is 1. The molecule has 1 saturated heterocycles. The van der Waals surface area contributed by atoms with Crippen LogP contribution in [0.3, 0.4) is 0 Å². The lowest BCUT2D eigenvalue weighted by atomic mass is 9.98. The van der Waals surface area contributed by atoms with Crippen LogP contribution in [0.2, 0.25) is 0 Å². The number of carbonyl (C=O) groups is 1. The van der Waals surface area contributed by atoms with Crippen molar-refractivity contribution in [2.75, 3.05) is 26.7 Å². The number of ether oxygens (including phenoxy) is 1. The van der Waals surface area contributed by atoms with Gasteiger partial charge in [0.15, 0.2) is 0 Å². The fourth-order valence-corrected chi connectivity index (χ4v) is 2.07. The summed E-state index contributed by atoms with van der Waals surface area (Å²) in [4.78, 5) is 13.0. The molecule has 4 nitrogen and oxygen atoms in total. The second kappa shape index (κ2) is 5.19. The van der Waals surface area contributed by atoms with Gasteiger partial charge in [0.1, 0.15) is 5.75 Å². The van der Waals surface area contributed by atoms with Crippen molar-refractivity contribution in [2.45, 2.75) is 6.42 Å². The van der Waals surface area contributed by atoms with Gasteiger partial charge >= 0.3 is 5.97 Å². The number of rotatable bonds is 5. The molecule has 0 radical (unpaired) electrons. The van der Waals surface area contributed by atoms with E-state index in [1.807, 2.05) is 0 Å². The Morgan fingerprint density at radius 1 is 1.53 bits per heavy atom. The maximum Gasteiger partial charge on any atom is 0.335 e. The Labute approximate surface area is 101 Å². The lowest BCUT2D eigenvalue weighted by molar-refractivity contribution is 0.0696. The molecule has 0 atom stereocenters. The van der Waals surface area contributed by atoms with Gasteiger partial charge in [-0.15, -0.1) is 0 Å². The zero-order valence-electron chi connectivity index (χ0n) is 9.93. The SMILES string of the molecule is CN1CC(CCOc2cccc(C(=O)O)c2)C1. The van der Waals surface area contributed by atoms with E-state index >= 15 is 0 Å². The summed E-state index contributed by atoms with van der Waals surface area (Å²) in [6.07, 6.45) is 1.03. The van der Waals surface area contributed by atoms with E-state index in [4.69, 9.17) is 9.84 Å². The van der Waals surface area contributed by atoms with Crippen LogP contribution in [0, 0.1) is 5.92 Å². The van der Waals surface area contributed by atoms with Crippen molar-refractivity contribution in [3.05, 3.63) is 29.8 Å². The second-order valence-electron chi connectivity index (χ2n) is 4.56. The predicted octanol–water partition coefficient (Wildman–Crippen LogP) is 1.72. The van der Waals surface area contributed by atoms with E-state index in [-0.39, 0.29) is 5.56 Å². The Bertz CT molecular complexity index is 399. The van der Waals surface area contributed by atoms with Crippen LogP contribution >= 0.6 is 0 Å². The molecule has 0 aliphatic carbocycles. The quantitative estimate of drug-likeness (QED) is 0.844. The van der Waals surface area contributed by atoms with Crippen LogP contribution in [0.5, 0.6) is 5.75 Å². The first-order valence-electron chi connectivity index (χ1n) is 5.80. The highest BCUT2D eigenvalue weighted by atomic mass is 16.5. The predicted molar refractivity (Wildman–Crippen MR) is 64.5 cm³/mol. The molecule has 0 spiro atoms. The Kier molecular flexibility index (Phi) is 3.64. The normalized spacial score (nSPS) is 16.5. The number of aromatic carboxylic acids is 1. The standard InChI is InChI=1S/C13H17NO3/c1-14-8-10(9-14)5-6-17-12-4-2-3-11(7-12)13(15)16/h2-4,7,10H,5-6,8-9H2,1H3,(H,15,16). The smallest absolute Gasteiger partial charge is 0.335 e. The van der Waals surface area contributed by atoms with Gasteiger partial charge in [-0.3, -0.25) is 0 Å². The number of hydrogen-bond acceptors (Lipinski definition) is 3. The highest BCUT2D eigenvalue weighted by Gasteiger charge is 2.22. The number of nitrogens with zero attached hydrogens (tertiary/aromatic N) is 1. The number of likely N-dealkylation sites (tertiary alicyclic amines) is 1. The lowest BCUT2D eigenvalue weighted by Crippen LogP contribution is -2.44. The van der Waals surface area contributed by atoms with Gasteiger partial charge in [0.05, 0.1) is 12.2 Å². The maximum absolute atomic E-state index is 10.8. The van der Waals surface area contributed by atoms with Crippen molar-refractivity contribution in [3.63, 3.8) is 0 Å². The Balaban J connectivity index is 1.78. The van der Waals surface area contributed by atoms with Crippen molar-refractivity contribution in [1.29, 1.82) is 0 Å². The van der Waals surface area contributed by atoms with Gasteiger partial charge in [-0.2, -0.15) is 0 Å². The molecule has 1 heterocycles. The van der Waals surface area contributed by atoms with Crippen molar-refractivity contribution < 1.29 is 14.6 Å². The summed E-state index contributed by atoms with van der Waals surface area (Å²) >= 11 is 0. The van der Waals surface area contributed by atoms with Crippen molar-refractivity contribution in [1.82, 2.24) is 4.90 Å². The minimum Gasteiger partial charge on any atom is -0.494 e. The molecule has 0 amide bonds. The van der Waals surface area contributed by atoms with Gasteiger partial charge in [-0.25, -0.2) is 4.79 Å². The van der Waals surface area contributed by atoms with E-state index in [2.05, 4.69) is 11.9 Å². The fraction of sp³-hybridized carbons (Fsp3) is 0.462. The third kappa shape index (κ3) is 3.20. The minimum absolute atomic E-state index is 0.269. The molecule has 4 heteroatoms. The first-order valence-corrected chi connectivity index (χ1v) is 5.80. The molecular weight excluding hydrogens is 218 g/mol. The third-order valence-corrected chi connectivity index (χ3v) is 3.02. The van der Waals surface area contributed by atoms with Crippen LogP contribution < -0.4 is 4.74 Å². The monoisotopic (exact) mass is 235 g/mol. The molecule has 0 aromatic heterocycles. The van der Waals surface area contributed by atoms with Crippen LogP contribution in [0.25, 0.3) is 0 Å². The van der Waals surface area contributed by atoms with Crippen LogP contribution in [-0.4, -0.2) is 42.7 Å². The average Bonchev–Trinajstić information content (AvgIpc) is 2.27. The molecule has 1 N–H and O–H groups in total. The van der Waals surface area contributed by atoms with Gasteiger partial charge in [0, 0.05) is 13.1 Å². The zero-order valence-corrected chi connectivity index (χ0v) is 9.93. The van der Waals surface area contributed by atoms with Crippen LogP contribution in [0.4, 0.5) is 0 Å². The molecule has 1 aliphatic rings. The fourth-order valence-electron chi connectivity index (χ4n) is 2.07. The van der Waals surface area contributed by atoms with Gasteiger partial charge in [0.25, 0.3) is 0 Å². The first-order chi connectivity index (χ1) is 8.15.